The second kappa shape index (κ2) is 5.81. The zero-order chi connectivity index (χ0) is 15.0. The zero-order valence-corrected chi connectivity index (χ0v) is 13.9. The van der Waals surface area contributed by atoms with Gasteiger partial charge in [0.2, 0.25) is 0 Å². The number of carbonyl (C=O) groups excluding carboxylic acids is 1. The largest absolute Gasteiger partial charge is 0.369 e. The summed E-state index contributed by atoms with van der Waals surface area (Å²) in [5.74, 6) is 0.0758. The second-order valence-electron chi connectivity index (χ2n) is 5.35. The summed E-state index contributed by atoms with van der Waals surface area (Å²) in [7, 11) is 0. The number of hydrogen-bond donors (Lipinski definition) is 1. The first kappa shape index (κ1) is 14.6. The van der Waals surface area contributed by atoms with E-state index in [0.29, 0.717) is 13.2 Å². The quantitative estimate of drug-likeness (QED) is 0.923. The van der Waals surface area contributed by atoms with E-state index in [-0.39, 0.29) is 12.0 Å². The highest BCUT2D eigenvalue weighted by Crippen LogP contribution is 2.31. The molecule has 2 heterocycles. The smallest absolute Gasteiger partial charge is 0.251 e. The van der Waals surface area contributed by atoms with Crippen molar-refractivity contribution in [1.82, 2.24) is 9.88 Å². The Kier molecular flexibility index (Phi) is 4.04. The van der Waals surface area contributed by atoms with Crippen LogP contribution in [-0.2, 0) is 22.5 Å². The minimum Gasteiger partial charge on any atom is -0.369 e. The van der Waals surface area contributed by atoms with E-state index in [1.807, 2.05) is 30.9 Å². The van der Waals surface area contributed by atoms with Crippen LogP contribution >= 0.6 is 15.9 Å². The van der Waals surface area contributed by atoms with E-state index in [0.717, 1.165) is 23.0 Å². The number of rotatable bonds is 3. The molecule has 1 aliphatic rings. The lowest BCUT2D eigenvalue weighted by atomic mass is 10.0. The van der Waals surface area contributed by atoms with Crippen molar-refractivity contribution in [3.05, 3.63) is 33.9 Å². The molecule has 1 amide bonds. The third kappa shape index (κ3) is 2.60. The molecule has 1 unspecified atom stereocenters. The van der Waals surface area contributed by atoms with E-state index in [9.17, 15) is 4.79 Å². The average molecular weight is 351 g/mol. The number of amides is 1. The van der Waals surface area contributed by atoms with Gasteiger partial charge in [-0.15, -0.1) is 0 Å². The summed E-state index contributed by atoms with van der Waals surface area (Å²) in [6.07, 6.45) is 0.495. The summed E-state index contributed by atoms with van der Waals surface area (Å²) in [6.45, 7) is 5.70. The van der Waals surface area contributed by atoms with Crippen molar-refractivity contribution in [3.63, 3.8) is 0 Å². The Morgan fingerprint density at radius 1 is 1.52 bits per heavy atom. The van der Waals surface area contributed by atoms with Crippen molar-refractivity contribution in [2.24, 2.45) is 0 Å². The van der Waals surface area contributed by atoms with E-state index in [1.54, 1.807) is 0 Å². The molecule has 2 aromatic rings. The van der Waals surface area contributed by atoms with Gasteiger partial charge in [0.25, 0.3) is 5.91 Å². The van der Waals surface area contributed by atoms with Crippen LogP contribution in [0.2, 0.25) is 0 Å². The Balaban J connectivity index is 1.90. The third-order valence-corrected chi connectivity index (χ3v) is 4.70. The van der Waals surface area contributed by atoms with Gasteiger partial charge in [0.1, 0.15) is 6.10 Å². The van der Waals surface area contributed by atoms with Crippen molar-refractivity contribution in [2.75, 3.05) is 13.2 Å². The first-order valence-corrected chi connectivity index (χ1v) is 8.09. The lowest BCUT2D eigenvalue weighted by Crippen LogP contribution is -2.42. The van der Waals surface area contributed by atoms with Gasteiger partial charge in [0.15, 0.2) is 0 Å². The van der Waals surface area contributed by atoms with Crippen molar-refractivity contribution in [3.8, 4) is 0 Å². The number of H-pyrrole nitrogens is 1. The standard InChI is InChI=1S/C16H19BrN2O2/c1-3-21-10(2)16(20)19-8-7-14-12(9-19)11-5-4-6-13(17)15(11)18-14/h4-6,10,18H,3,7-9H2,1-2H3. The van der Waals surface area contributed by atoms with Gasteiger partial charge in [-0.2, -0.15) is 0 Å². The molecule has 4 nitrogen and oxygen atoms in total. The molecule has 0 fully saturated rings. The number of aromatic nitrogens is 1. The molecule has 0 aliphatic carbocycles. The van der Waals surface area contributed by atoms with Crippen LogP contribution in [0.15, 0.2) is 22.7 Å². The fraction of sp³-hybridized carbons (Fsp3) is 0.438. The number of ether oxygens (including phenoxy) is 1. The van der Waals surface area contributed by atoms with Crippen molar-refractivity contribution in [2.45, 2.75) is 32.9 Å². The van der Waals surface area contributed by atoms with Crippen molar-refractivity contribution in [1.29, 1.82) is 0 Å². The van der Waals surface area contributed by atoms with E-state index >= 15 is 0 Å². The van der Waals surface area contributed by atoms with Gasteiger partial charge in [-0.25, -0.2) is 0 Å². The first-order chi connectivity index (χ1) is 10.1. The predicted octanol–water partition coefficient (Wildman–Crippen LogP) is 3.24. The number of carbonyl (C=O) groups is 1. The summed E-state index contributed by atoms with van der Waals surface area (Å²) in [5.41, 5.74) is 3.59. The van der Waals surface area contributed by atoms with Crippen LogP contribution < -0.4 is 0 Å². The average Bonchev–Trinajstić information content (AvgIpc) is 2.86. The van der Waals surface area contributed by atoms with Gasteiger partial charge in [-0.3, -0.25) is 4.79 Å². The van der Waals surface area contributed by atoms with Crippen LogP contribution in [0.4, 0.5) is 0 Å². The van der Waals surface area contributed by atoms with E-state index in [4.69, 9.17) is 4.74 Å². The zero-order valence-electron chi connectivity index (χ0n) is 12.3. The number of fused-ring (bicyclic) bond motifs is 3. The number of halogens is 1. The first-order valence-electron chi connectivity index (χ1n) is 7.30. The Bertz CT molecular complexity index is 680. The highest BCUT2D eigenvalue weighted by atomic mass is 79.9. The highest BCUT2D eigenvalue weighted by molar-refractivity contribution is 9.10. The minimum absolute atomic E-state index is 0.0758. The fourth-order valence-corrected chi connectivity index (χ4v) is 3.43. The molecule has 0 radical (unpaired) electrons. The normalized spacial score (nSPS) is 16.0. The number of nitrogens with one attached hydrogen (secondary N) is 1. The molecule has 5 heteroatoms. The van der Waals surface area contributed by atoms with Gasteiger partial charge in [-0.1, -0.05) is 12.1 Å². The van der Waals surface area contributed by atoms with Gasteiger partial charge >= 0.3 is 0 Å². The SMILES string of the molecule is CCOC(C)C(=O)N1CCc2[nH]c3c(Br)cccc3c2C1. The number of benzene rings is 1. The summed E-state index contributed by atoms with van der Waals surface area (Å²) in [4.78, 5) is 17.8. The molecule has 1 atom stereocenters. The van der Waals surface area contributed by atoms with Crippen LogP contribution in [0.1, 0.15) is 25.1 Å². The molecule has 112 valence electrons. The third-order valence-electron chi connectivity index (χ3n) is 4.04. The van der Waals surface area contributed by atoms with E-state index < -0.39 is 0 Å². The molecule has 21 heavy (non-hydrogen) atoms. The summed E-state index contributed by atoms with van der Waals surface area (Å²) >= 11 is 3.58. The molecule has 3 rings (SSSR count). The van der Waals surface area contributed by atoms with E-state index in [2.05, 4.69) is 27.0 Å². The van der Waals surface area contributed by atoms with Crippen LogP contribution in [0.5, 0.6) is 0 Å². The Morgan fingerprint density at radius 3 is 3.10 bits per heavy atom. The number of hydrogen-bond acceptors (Lipinski definition) is 2. The summed E-state index contributed by atoms with van der Waals surface area (Å²) in [5, 5.41) is 1.20. The van der Waals surface area contributed by atoms with Crippen molar-refractivity contribution < 1.29 is 9.53 Å². The van der Waals surface area contributed by atoms with Crippen molar-refractivity contribution >= 4 is 32.7 Å². The Labute approximate surface area is 132 Å². The maximum atomic E-state index is 12.4. The minimum atomic E-state index is -0.367. The van der Waals surface area contributed by atoms with Crippen LogP contribution in [0, 0.1) is 0 Å². The Morgan fingerprint density at radius 2 is 2.33 bits per heavy atom. The maximum Gasteiger partial charge on any atom is 0.251 e. The van der Waals surface area contributed by atoms with Gasteiger partial charge in [-0.05, 0) is 35.8 Å². The monoisotopic (exact) mass is 350 g/mol. The molecule has 1 aromatic carbocycles. The molecule has 1 aliphatic heterocycles. The van der Waals surface area contributed by atoms with Gasteiger partial charge in [0.05, 0.1) is 5.52 Å². The molecule has 0 saturated heterocycles. The molecule has 0 bridgehead atoms. The van der Waals surface area contributed by atoms with Crippen LogP contribution in [-0.4, -0.2) is 35.0 Å². The number of para-hydroxylation sites is 1. The highest BCUT2D eigenvalue weighted by Gasteiger charge is 2.27. The van der Waals surface area contributed by atoms with Crippen LogP contribution in [0.3, 0.4) is 0 Å². The topological polar surface area (TPSA) is 45.3 Å². The fourth-order valence-electron chi connectivity index (χ4n) is 2.97. The lowest BCUT2D eigenvalue weighted by molar-refractivity contribution is -0.143. The molecule has 1 N–H and O–H groups in total. The number of nitrogens with zero attached hydrogens (tertiary/aromatic N) is 1. The van der Waals surface area contributed by atoms with Crippen LogP contribution in [0.25, 0.3) is 10.9 Å². The second-order valence-corrected chi connectivity index (χ2v) is 6.21. The predicted molar refractivity (Wildman–Crippen MR) is 86.2 cm³/mol. The maximum absolute atomic E-state index is 12.4. The molecule has 0 spiro atoms. The Hall–Kier alpha value is -1.33. The molecule has 1 aromatic heterocycles. The lowest BCUT2D eigenvalue weighted by Gasteiger charge is -2.29. The number of aromatic amines is 1. The molecule has 0 saturated carbocycles. The molecular weight excluding hydrogens is 332 g/mol. The summed E-state index contributed by atoms with van der Waals surface area (Å²) in [6, 6.07) is 6.17. The van der Waals surface area contributed by atoms with E-state index in [1.165, 1.54) is 16.6 Å². The van der Waals surface area contributed by atoms with Gasteiger partial charge < -0.3 is 14.6 Å². The van der Waals surface area contributed by atoms with Gasteiger partial charge in [0, 0.05) is 47.2 Å². The summed E-state index contributed by atoms with van der Waals surface area (Å²) < 4.78 is 6.49. The molecular formula is C16H19BrN2O2.